The number of rotatable bonds is 9. The van der Waals surface area contributed by atoms with Crippen LogP contribution in [0.1, 0.15) is 54.2 Å². The van der Waals surface area contributed by atoms with Crippen molar-refractivity contribution in [2.24, 2.45) is 0 Å². The zero-order valence-electron chi connectivity index (χ0n) is 26.5. The maximum atomic E-state index is 14.1. The second-order valence-corrected chi connectivity index (χ2v) is 13.0. The van der Waals surface area contributed by atoms with Gasteiger partial charge in [0.05, 0.1) is 23.9 Å². The molecule has 15 heteroatoms. The summed E-state index contributed by atoms with van der Waals surface area (Å²) in [6.45, 7) is 4.12. The first-order valence-corrected chi connectivity index (χ1v) is 15.5. The first-order chi connectivity index (χ1) is 22.5. The third-order valence-corrected chi connectivity index (χ3v) is 9.08. The minimum Gasteiger partial charge on any atom is -0.508 e. The Kier molecular flexibility index (Phi) is 10.4. The Morgan fingerprint density at radius 3 is 2.10 bits per heavy atom. The molecule has 5 rings (SSSR count). The number of hydrogen-bond donors (Lipinski definition) is 10. The van der Waals surface area contributed by atoms with Crippen LogP contribution >= 0.6 is 0 Å². The second kappa shape index (κ2) is 13.9. The van der Waals surface area contributed by atoms with E-state index in [0.29, 0.717) is 5.56 Å². The molecule has 0 aromatic heterocycles. The van der Waals surface area contributed by atoms with Crippen molar-refractivity contribution >= 4 is 11.4 Å². The van der Waals surface area contributed by atoms with E-state index in [1.54, 1.807) is 13.8 Å². The van der Waals surface area contributed by atoms with Crippen molar-refractivity contribution in [3.8, 4) is 17.2 Å². The summed E-state index contributed by atoms with van der Waals surface area (Å²) in [5, 5.41) is 103. The van der Waals surface area contributed by atoms with Crippen molar-refractivity contribution in [1.29, 1.82) is 0 Å². The van der Waals surface area contributed by atoms with Crippen LogP contribution in [-0.4, -0.2) is 130 Å². The Bertz CT molecular complexity index is 1520. The van der Waals surface area contributed by atoms with Gasteiger partial charge in [-0.3, -0.25) is 4.79 Å². The van der Waals surface area contributed by atoms with Crippen LogP contribution in [0, 0.1) is 0 Å². The van der Waals surface area contributed by atoms with E-state index < -0.39 is 85.2 Å². The number of phenolic OH excluding ortho intramolecular Hbond substituents is 3. The SMILES string of the molecule is C[C@H]1O[C@H](OC2=C(c3ccc(O)cc3)Cc3c(CCC(C)(C)O[C@H]4O[C@H](CO)[C@@H](O)[C@H](O)[C@H]4O)c(O)cc(O)c3C2=O)[C@H](O)[C@H](O)[C@H]1O. The Labute approximate surface area is 275 Å². The lowest BCUT2D eigenvalue weighted by molar-refractivity contribution is -0.323. The second-order valence-electron chi connectivity index (χ2n) is 13.0. The number of aromatic hydroxyl groups is 3. The highest BCUT2D eigenvalue weighted by Crippen LogP contribution is 2.44. The molecule has 1 aliphatic carbocycles. The first kappa shape index (κ1) is 35.9. The van der Waals surface area contributed by atoms with E-state index in [1.165, 1.54) is 31.2 Å². The molecule has 264 valence electrons. The molecule has 0 amide bonds. The molecule has 15 nitrogen and oxygen atoms in total. The van der Waals surface area contributed by atoms with E-state index >= 15 is 0 Å². The number of allylic oxidation sites excluding steroid dienone is 2. The molecule has 2 heterocycles. The third kappa shape index (κ3) is 6.89. The molecule has 2 aliphatic heterocycles. The van der Waals surface area contributed by atoms with Crippen molar-refractivity contribution in [1.82, 2.24) is 0 Å². The molecule has 0 saturated carbocycles. The van der Waals surface area contributed by atoms with Crippen LogP contribution in [0.25, 0.3) is 5.57 Å². The number of ketones is 1. The van der Waals surface area contributed by atoms with Crippen LogP contribution in [-0.2, 0) is 31.8 Å². The van der Waals surface area contributed by atoms with Gasteiger partial charge >= 0.3 is 0 Å². The van der Waals surface area contributed by atoms with Crippen LogP contribution in [0.3, 0.4) is 0 Å². The lowest BCUT2D eigenvalue weighted by Gasteiger charge is -2.42. The summed E-state index contributed by atoms with van der Waals surface area (Å²) in [4.78, 5) is 14.1. The van der Waals surface area contributed by atoms with Gasteiger partial charge in [0.1, 0.15) is 60.0 Å². The fraction of sp³-hybridized carbons (Fsp3) is 0.545. The average molecular weight is 679 g/mol. The fourth-order valence-electron chi connectivity index (χ4n) is 6.20. The largest absolute Gasteiger partial charge is 0.508 e. The van der Waals surface area contributed by atoms with Gasteiger partial charge in [0.15, 0.2) is 12.0 Å². The van der Waals surface area contributed by atoms with E-state index in [2.05, 4.69) is 0 Å². The number of hydrogen-bond acceptors (Lipinski definition) is 15. The van der Waals surface area contributed by atoms with Gasteiger partial charge in [0, 0.05) is 18.1 Å². The van der Waals surface area contributed by atoms with Gasteiger partial charge in [0.2, 0.25) is 12.1 Å². The molecule has 0 bridgehead atoms. The van der Waals surface area contributed by atoms with Crippen LogP contribution in [0.2, 0.25) is 0 Å². The number of aliphatic hydroxyl groups is 7. The number of aliphatic hydroxyl groups excluding tert-OH is 7. The Morgan fingerprint density at radius 1 is 0.833 bits per heavy atom. The van der Waals surface area contributed by atoms with Crippen molar-refractivity contribution < 1.29 is 74.8 Å². The molecule has 3 aliphatic rings. The molecule has 0 spiro atoms. The summed E-state index contributed by atoms with van der Waals surface area (Å²) in [6.07, 6.45) is -14.7. The molecule has 0 radical (unpaired) electrons. The molecule has 10 atom stereocenters. The third-order valence-electron chi connectivity index (χ3n) is 9.08. The van der Waals surface area contributed by atoms with Crippen LogP contribution < -0.4 is 0 Å². The molecule has 2 aromatic rings. The zero-order valence-corrected chi connectivity index (χ0v) is 26.5. The highest BCUT2D eigenvalue weighted by Gasteiger charge is 2.47. The number of benzene rings is 2. The van der Waals surface area contributed by atoms with Gasteiger partial charge in [-0.1, -0.05) is 12.1 Å². The van der Waals surface area contributed by atoms with Crippen molar-refractivity contribution in [2.75, 3.05) is 6.61 Å². The van der Waals surface area contributed by atoms with Crippen molar-refractivity contribution in [3.63, 3.8) is 0 Å². The highest BCUT2D eigenvalue weighted by atomic mass is 16.7. The Morgan fingerprint density at radius 2 is 1.46 bits per heavy atom. The summed E-state index contributed by atoms with van der Waals surface area (Å²) >= 11 is 0. The smallest absolute Gasteiger partial charge is 0.232 e. The number of ether oxygens (including phenoxy) is 4. The maximum Gasteiger partial charge on any atom is 0.232 e. The van der Waals surface area contributed by atoms with Gasteiger partial charge in [-0.2, -0.15) is 0 Å². The van der Waals surface area contributed by atoms with Gasteiger partial charge < -0.3 is 70.0 Å². The summed E-state index contributed by atoms with van der Waals surface area (Å²) in [5.74, 6) is -2.08. The van der Waals surface area contributed by atoms with E-state index in [4.69, 9.17) is 18.9 Å². The van der Waals surface area contributed by atoms with E-state index in [-0.39, 0.29) is 58.8 Å². The normalized spacial score (nSPS) is 32.7. The lowest BCUT2D eigenvalue weighted by atomic mass is 9.81. The number of fused-ring (bicyclic) bond motifs is 1. The van der Waals surface area contributed by atoms with Crippen LogP contribution in [0.5, 0.6) is 17.2 Å². The molecular weight excluding hydrogens is 636 g/mol. The Hall–Kier alpha value is -3.35. The quantitative estimate of drug-likeness (QED) is 0.158. The van der Waals surface area contributed by atoms with E-state index in [1.807, 2.05) is 0 Å². The molecule has 0 unspecified atom stereocenters. The summed E-state index contributed by atoms with van der Waals surface area (Å²) in [7, 11) is 0. The molecule has 48 heavy (non-hydrogen) atoms. The standard InChI is InChI=1S/C33H42O15/c1-13-23(38)26(41)28(43)31(45-13)47-30-17(14-4-6-15(35)7-5-14)10-18-16(19(36)11-20(37)22(18)25(30)40)8-9-33(2,3)48-32-29(44)27(42)24(39)21(12-34)46-32/h4-7,11,13,21,23-24,26-29,31-32,34-39,41-44H,8-10,12H2,1-3H3/t13-,21-,23+,24-,26-,27+,28-,29-,31-,32-/m1/s1. The zero-order chi connectivity index (χ0) is 35.2. The predicted octanol–water partition coefficient (Wildman–Crippen LogP) is -0.675. The maximum absolute atomic E-state index is 14.1. The summed E-state index contributed by atoms with van der Waals surface area (Å²) in [6, 6.07) is 6.81. The van der Waals surface area contributed by atoms with Crippen molar-refractivity contribution in [3.05, 3.63) is 58.3 Å². The van der Waals surface area contributed by atoms with E-state index in [0.717, 1.165) is 6.07 Å². The monoisotopic (exact) mass is 678 g/mol. The minimum absolute atomic E-state index is 0.0565. The van der Waals surface area contributed by atoms with Crippen molar-refractivity contribution in [2.45, 2.75) is 107 Å². The minimum atomic E-state index is -1.74. The lowest BCUT2D eigenvalue weighted by Crippen LogP contribution is -2.60. The number of Topliss-reactive ketones (excluding diaryl/α,β-unsaturated/α-hetero) is 1. The predicted molar refractivity (Wildman–Crippen MR) is 164 cm³/mol. The number of phenols is 3. The van der Waals surface area contributed by atoms with Gasteiger partial charge in [-0.15, -0.1) is 0 Å². The topological polar surface area (TPSA) is 256 Å². The summed E-state index contributed by atoms with van der Waals surface area (Å²) in [5.41, 5.74) is -0.0970. The Balaban J connectivity index is 1.47. The van der Waals surface area contributed by atoms with Crippen LogP contribution in [0.15, 0.2) is 36.1 Å². The molecule has 10 N–H and O–H groups in total. The fourth-order valence-corrected chi connectivity index (χ4v) is 6.20. The summed E-state index contributed by atoms with van der Waals surface area (Å²) < 4.78 is 22.9. The van der Waals surface area contributed by atoms with Gasteiger partial charge in [-0.05, 0) is 62.4 Å². The van der Waals surface area contributed by atoms with E-state index in [9.17, 15) is 55.9 Å². The molecule has 2 saturated heterocycles. The average Bonchev–Trinajstić information content (AvgIpc) is 3.03. The first-order valence-electron chi connectivity index (χ1n) is 15.5. The number of carbonyl (C=O) groups excluding carboxylic acids is 1. The molecule has 2 fully saturated rings. The molecule has 2 aromatic carbocycles. The van der Waals surface area contributed by atoms with Gasteiger partial charge in [-0.25, -0.2) is 0 Å². The van der Waals surface area contributed by atoms with Crippen LogP contribution in [0.4, 0.5) is 0 Å². The highest BCUT2D eigenvalue weighted by molar-refractivity contribution is 6.16. The van der Waals surface area contributed by atoms with Gasteiger partial charge in [0.25, 0.3) is 0 Å². The number of carbonyl (C=O) groups is 1. The molecular formula is C33H42O15.